The number of carbonyl (C=O) groups excluding carboxylic acids is 1. The quantitative estimate of drug-likeness (QED) is 0.572. The summed E-state index contributed by atoms with van der Waals surface area (Å²) in [7, 11) is 0. The molecule has 0 radical (unpaired) electrons. The maximum absolute atomic E-state index is 13.3. The Morgan fingerprint density at radius 2 is 1.87 bits per heavy atom. The standard InChI is InChI=1S/C25H26ClN3O/c1-16(22-14-17-7-8-19(22)13-17)27-25(30)23-15-29(21-5-3-2-4-6-21)28-24(23)18-9-11-20(26)12-10-18/h2-6,9-12,15-17,19,22H,7-8,13-14H2,1H3,(H,27,30)/t16-,17+,19-,22+/m0/s1. The van der Waals surface area contributed by atoms with Gasteiger partial charge in [-0.25, -0.2) is 4.68 Å². The third-order valence-corrected chi connectivity index (χ3v) is 7.14. The van der Waals surface area contributed by atoms with E-state index in [1.54, 1.807) is 4.68 Å². The Kier molecular flexibility index (Phi) is 5.11. The average Bonchev–Trinajstić information content (AvgIpc) is 3.50. The van der Waals surface area contributed by atoms with Gasteiger partial charge in [0.25, 0.3) is 5.91 Å². The van der Waals surface area contributed by atoms with Crippen LogP contribution in [-0.4, -0.2) is 21.7 Å². The lowest BCUT2D eigenvalue weighted by Gasteiger charge is -2.28. The van der Waals surface area contributed by atoms with E-state index in [2.05, 4.69) is 12.2 Å². The molecule has 1 amide bonds. The van der Waals surface area contributed by atoms with Gasteiger partial charge in [-0.15, -0.1) is 0 Å². The highest BCUT2D eigenvalue weighted by Crippen LogP contribution is 2.49. The Balaban J connectivity index is 1.45. The van der Waals surface area contributed by atoms with Crippen molar-refractivity contribution in [1.82, 2.24) is 15.1 Å². The van der Waals surface area contributed by atoms with E-state index in [1.807, 2.05) is 60.8 Å². The first-order valence-corrected chi connectivity index (χ1v) is 11.2. The zero-order valence-corrected chi connectivity index (χ0v) is 17.8. The van der Waals surface area contributed by atoms with Gasteiger partial charge >= 0.3 is 0 Å². The molecule has 0 unspecified atom stereocenters. The summed E-state index contributed by atoms with van der Waals surface area (Å²) in [6.45, 7) is 2.16. The molecule has 2 saturated carbocycles. The molecule has 5 rings (SSSR count). The molecule has 5 heteroatoms. The van der Waals surface area contributed by atoms with Crippen LogP contribution < -0.4 is 5.32 Å². The SMILES string of the molecule is C[C@H](NC(=O)c1cn(-c2ccccc2)nc1-c1ccc(Cl)cc1)[C@H]1C[C@@H]2CC[C@H]1C2. The highest BCUT2D eigenvalue weighted by molar-refractivity contribution is 6.30. The molecule has 30 heavy (non-hydrogen) atoms. The summed E-state index contributed by atoms with van der Waals surface area (Å²) in [5, 5.41) is 8.71. The number of fused-ring (bicyclic) bond motifs is 2. The van der Waals surface area contributed by atoms with Gasteiger partial charge in [-0.3, -0.25) is 4.79 Å². The van der Waals surface area contributed by atoms with E-state index in [0.717, 1.165) is 23.1 Å². The minimum absolute atomic E-state index is 0.0580. The number of benzene rings is 2. The van der Waals surface area contributed by atoms with Crippen LogP contribution in [0.5, 0.6) is 0 Å². The van der Waals surface area contributed by atoms with Gasteiger partial charge in [0.2, 0.25) is 0 Å². The number of nitrogens with zero attached hydrogens (tertiary/aromatic N) is 2. The topological polar surface area (TPSA) is 46.9 Å². The van der Waals surface area contributed by atoms with Crippen LogP contribution in [0.15, 0.2) is 60.8 Å². The van der Waals surface area contributed by atoms with Crippen molar-refractivity contribution in [2.75, 3.05) is 0 Å². The molecule has 4 nitrogen and oxygen atoms in total. The molecule has 0 saturated heterocycles. The van der Waals surface area contributed by atoms with Crippen LogP contribution in [0.1, 0.15) is 43.0 Å². The summed E-state index contributed by atoms with van der Waals surface area (Å²) in [5.41, 5.74) is 3.07. The molecule has 2 aromatic carbocycles. The second-order valence-corrected chi connectivity index (χ2v) is 9.22. The van der Waals surface area contributed by atoms with Crippen molar-refractivity contribution in [3.05, 3.63) is 71.4 Å². The van der Waals surface area contributed by atoms with Gasteiger partial charge in [0, 0.05) is 22.8 Å². The second-order valence-electron chi connectivity index (χ2n) is 8.78. The maximum Gasteiger partial charge on any atom is 0.255 e. The predicted molar refractivity (Wildman–Crippen MR) is 120 cm³/mol. The molecular weight excluding hydrogens is 394 g/mol. The molecule has 2 fully saturated rings. The number of para-hydroxylation sites is 1. The Morgan fingerprint density at radius 1 is 1.10 bits per heavy atom. The van der Waals surface area contributed by atoms with Gasteiger partial charge in [-0.1, -0.05) is 48.4 Å². The van der Waals surface area contributed by atoms with Gasteiger partial charge in [-0.05, 0) is 68.2 Å². The van der Waals surface area contributed by atoms with Crippen molar-refractivity contribution in [2.45, 2.75) is 38.6 Å². The second kappa shape index (κ2) is 7.92. The summed E-state index contributed by atoms with van der Waals surface area (Å²) in [5.74, 6) is 2.17. The number of rotatable bonds is 5. The molecule has 2 aliphatic rings. The number of nitrogens with one attached hydrogen (secondary N) is 1. The predicted octanol–water partition coefficient (Wildman–Crippen LogP) is 5.75. The first-order chi connectivity index (χ1) is 14.6. The van der Waals surface area contributed by atoms with Gasteiger partial charge in [0.1, 0.15) is 5.69 Å². The molecule has 1 aromatic heterocycles. The lowest BCUT2D eigenvalue weighted by atomic mass is 9.84. The number of amides is 1. The first-order valence-electron chi connectivity index (χ1n) is 10.8. The monoisotopic (exact) mass is 419 g/mol. The van der Waals surface area contributed by atoms with Gasteiger partial charge in [-0.2, -0.15) is 5.10 Å². The molecule has 3 aromatic rings. The smallest absolute Gasteiger partial charge is 0.255 e. The van der Waals surface area contributed by atoms with Crippen molar-refractivity contribution in [1.29, 1.82) is 0 Å². The Morgan fingerprint density at radius 3 is 2.53 bits per heavy atom. The summed E-state index contributed by atoms with van der Waals surface area (Å²) in [6, 6.07) is 17.5. The summed E-state index contributed by atoms with van der Waals surface area (Å²) in [4.78, 5) is 13.3. The first kappa shape index (κ1) is 19.4. The van der Waals surface area contributed by atoms with Crippen molar-refractivity contribution in [3.63, 3.8) is 0 Å². The molecule has 1 heterocycles. The third-order valence-electron chi connectivity index (χ3n) is 6.89. The van der Waals surface area contributed by atoms with Crippen LogP contribution in [0.25, 0.3) is 16.9 Å². The fourth-order valence-corrected chi connectivity index (χ4v) is 5.50. The van der Waals surface area contributed by atoms with E-state index in [9.17, 15) is 4.79 Å². The molecule has 2 bridgehead atoms. The van der Waals surface area contributed by atoms with E-state index in [-0.39, 0.29) is 11.9 Å². The van der Waals surface area contributed by atoms with Gasteiger partial charge in [0.15, 0.2) is 0 Å². The number of hydrogen-bond acceptors (Lipinski definition) is 2. The molecule has 0 spiro atoms. The van der Waals surface area contributed by atoms with Crippen molar-refractivity contribution >= 4 is 17.5 Å². The van der Waals surface area contributed by atoms with E-state index in [4.69, 9.17) is 16.7 Å². The minimum Gasteiger partial charge on any atom is -0.349 e. The van der Waals surface area contributed by atoms with Crippen LogP contribution in [0.3, 0.4) is 0 Å². The van der Waals surface area contributed by atoms with Crippen LogP contribution in [0, 0.1) is 17.8 Å². The van der Waals surface area contributed by atoms with Gasteiger partial charge < -0.3 is 5.32 Å². The molecule has 1 N–H and O–H groups in total. The van der Waals surface area contributed by atoms with E-state index in [1.165, 1.54) is 25.7 Å². The summed E-state index contributed by atoms with van der Waals surface area (Å²) >= 11 is 6.07. The summed E-state index contributed by atoms with van der Waals surface area (Å²) < 4.78 is 1.78. The van der Waals surface area contributed by atoms with Crippen molar-refractivity contribution in [2.24, 2.45) is 17.8 Å². The maximum atomic E-state index is 13.3. The number of aromatic nitrogens is 2. The van der Waals surface area contributed by atoms with Crippen molar-refractivity contribution < 1.29 is 4.79 Å². The summed E-state index contributed by atoms with van der Waals surface area (Å²) in [6.07, 6.45) is 7.11. The lowest BCUT2D eigenvalue weighted by Crippen LogP contribution is -2.40. The van der Waals surface area contributed by atoms with E-state index >= 15 is 0 Å². The highest BCUT2D eigenvalue weighted by Gasteiger charge is 2.42. The van der Waals surface area contributed by atoms with E-state index < -0.39 is 0 Å². The minimum atomic E-state index is -0.0580. The molecule has 0 aliphatic heterocycles. The molecular formula is C25H26ClN3O. The Bertz CT molecular complexity index is 1040. The third kappa shape index (κ3) is 3.65. The Hall–Kier alpha value is -2.59. The number of hydrogen-bond donors (Lipinski definition) is 1. The number of halogens is 1. The molecule has 4 atom stereocenters. The molecule has 154 valence electrons. The lowest BCUT2D eigenvalue weighted by molar-refractivity contribution is 0.0916. The zero-order chi connectivity index (χ0) is 20.7. The van der Waals surface area contributed by atoms with Crippen LogP contribution in [-0.2, 0) is 0 Å². The van der Waals surface area contributed by atoms with Crippen LogP contribution in [0.2, 0.25) is 5.02 Å². The van der Waals surface area contributed by atoms with Gasteiger partial charge in [0.05, 0.1) is 11.3 Å². The largest absolute Gasteiger partial charge is 0.349 e. The molecule has 2 aliphatic carbocycles. The van der Waals surface area contributed by atoms with Crippen molar-refractivity contribution in [3.8, 4) is 16.9 Å². The average molecular weight is 420 g/mol. The zero-order valence-electron chi connectivity index (χ0n) is 17.1. The normalized spacial score (nSPS) is 23.5. The fourth-order valence-electron chi connectivity index (χ4n) is 5.37. The van der Waals surface area contributed by atoms with Crippen LogP contribution in [0.4, 0.5) is 0 Å². The Labute approximate surface area is 182 Å². The fraction of sp³-hybridized carbons (Fsp3) is 0.360. The highest BCUT2D eigenvalue weighted by atomic mass is 35.5. The van der Waals surface area contributed by atoms with E-state index in [0.29, 0.717) is 22.2 Å². The number of carbonyl (C=O) groups is 1. The van der Waals surface area contributed by atoms with Crippen LogP contribution >= 0.6 is 11.6 Å².